The number of nitrogens with zero attached hydrogens (tertiary/aromatic N) is 2. The highest BCUT2D eigenvalue weighted by Gasteiger charge is 2.22. The Balaban J connectivity index is 2.02. The molecule has 1 aromatic carbocycles. The Morgan fingerprint density at radius 2 is 2.04 bits per heavy atom. The fourth-order valence-electron chi connectivity index (χ4n) is 2.70. The Morgan fingerprint density at radius 3 is 2.67 bits per heavy atom. The number of hydrogen-bond donors (Lipinski definition) is 2. The predicted molar refractivity (Wildman–Crippen MR) is 93.9 cm³/mol. The monoisotopic (exact) mass is 328 g/mol. The quantitative estimate of drug-likeness (QED) is 0.839. The molecule has 6 heteroatoms. The van der Waals surface area contributed by atoms with Gasteiger partial charge in [-0.2, -0.15) is 0 Å². The van der Waals surface area contributed by atoms with E-state index in [-0.39, 0.29) is 17.5 Å². The number of nitrogens with one attached hydrogen (secondary N) is 2. The molecule has 0 aliphatic rings. The van der Waals surface area contributed by atoms with Crippen LogP contribution in [-0.4, -0.2) is 41.4 Å². The van der Waals surface area contributed by atoms with Crippen LogP contribution in [0.5, 0.6) is 0 Å². The molecule has 6 nitrogen and oxygen atoms in total. The average molecular weight is 328 g/mol. The lowest BCUT2D eigenvalue weighted by molar-refractivity contribution is -0.125. The third kappa shape index (κ3) is 4.76. The summed E-state index contributed by atoms with van der Waals surface area (Å²) in [6, 6.07) is 9.05. The summed E-state index contributed by atoms with van der Waals surface area (Å²) < 4.78 is 0. The molecule has 0 unspecified atom stereocenters. The van der Waals surface area contributed by atoms with Gasteiger partial charge in [0.05, 0.1) is 0 Å². The van der Waals surface area contributed by atoms with E-state index in [1.54, 1.807) is 6.92 Å². The van der Waals surface area contributed by atoms with Crippen LogP contribution in [0.2, 0.25) is 0 Å². The summed E-state index contributed by atoms with van der Waals surface area (Å²) in [4.78, 5) is 32.8. The number of aryl methyl sites for hydroxylation is 2. The standard InChI is InChI=1S/C18H24N4O2/c1-12-6-5-7-14(10-12)17(22(3)4)18(24)19-9-8-15-11-16(23)21-13(2)20-15/h5-7,10-11,17H,8-9H2,1-4H3,(H,19,24)(H,20,21,23)/t17-/m1/s1. The summed E-state index contributed by atoms with van der Waals surface area (Å²) in [5.41, 5.74) is 2.58. The summed E-state index contributed by atoms with van der Waals surface area (Å²) >= 11 is 0. The molecular formula is C18H24N4O2. The van der Waals surface area contributed by atoms with Gasteiger partial charge < -0.3 is 10.3 Å². The second-order valence-corrected chi connectivity index (χ2v) is 6.14. The van der Waals surface area contributed by atoms with Crippen LogP contribution in [0.15, 0.2) is 35.1 Å². The minimum Gasteiger partial charge on any atom is -0.354 e. The zero-order valence-electron chi connectivity index (χ0n) is 14.6. The third-order valence-corrected chi connectivity index (χ3v) is 3.72. The molecule has 2 N–H and O–H groups in total. The molecule has 1 amide bonds. The molecule has 24 heavy (non-hydrogen) atoms. The first-order valence-corrected chi connectivity index (χ1v) is 7.94. The second-order valence-electron chi connectivity index (χ2n) is 6.14. The molecule has 0 spiro atoms. The largest absolute Gasteiger partial charge is 0.354 e. The van der Waals surface area contributed by atoms with E-state index < -0.39 is 0 Å². The molecule has 0 saturated carbocycles. The van der Waals surface area contributed by atoms with Crippen LogP contribution in [0.3, 0.4) is 0 Å². The second kappa shape index (κ2) is 7.88. The highest BCUT2D eigenvalue weighted by Crippen LogP contribution is 2.19. The maximum absolute atomic E-state index is 12.6. The van der Waals surface area contributed by atoms with E-state index in [4.69, 9.17) is 0 Å². The van der Waals surface area contributed by atoms with Crippen molar-refractivity contribution in [3.63, 3.8) is 0 Å². The van der Waals surface area contributed by atoms with Crippen molar-refractivity contribution in [2.75, 3.05) is 20.6 Å². The van der Waals surface area contributed by atoms with Crippen LogP contribution in [0.1, 0.15) is 28.7 Å². The first-order valence-electron chi connectivity index (χ1n) is 7.94. The molecule has 0 bridgehead atoms. The van der Waals surface area contributed by atoms with Gasteiger partial charge in [-0.05, 0) is 33.5 Å². The van der Waals surface area contributed by atoms with E-state index in [0.29, 0.717) is 24.5 Å². The zero-order chi connectivity index (χ0) is 17.7. The highest BCUT2D eigenvalue weighted by atomic mass is 16.2. The summed E-state index contributed by atoms with van der Waals surface area (Å²) in [5.74, 6) is 0.516. The molecule has 128 valence electrons. The predicted octanol–water partition coefficient (Wildman–Crippen LogP) is 1.35. The Hall–Kier alpha value is -2.47. The Kier molecular flexibility index (Phi) is 5.87. The van der Waals surface area contributed by atoms with Gasteiger partial charge in [0.2, 0.25) is 5.91 Å². The van der Waals surface area contributed by atoms with E-state index in [2.05, 4.69) is 15.3 Å². The van der Waals surface area contributed by atoms with Crippen molar-refractivity contribution in [1.29, 1.82) is 0 Å². The van der Waals surface area contributed by atoms with Crippen molar-refractivity contribution in [1.82, 2.24) is 20.2 Å². The third-order valence-electron chi connectivity index (χ3n) is 3.72. The molecule has 0 aliphatic carbocycles. The average Bonchev–Trinajstić information content (AvgIpc) is 2.46. The molecule has 2 aromatic rings. The molecule has 0 fully saturated rings. The lowest BCUT2D eigenvalue weighted by atomic mass is 10.0. The van der Waals surface area contributed by atoms with Gasteiger partial charge in [0.1, 0.15) is 11.9 Å². The lowest BCUT2D eigenvalue weighted by Crippen LogP contribution is -2.38. The van der Waals surface area contributed by atoms with Crippen molar-refractivity contribution < 1.29 is 4.79 Å². The first-order chi connectivity index (χ1) is 11.4. The number of hydrogen-bond acceptors (Lipinski definition) is 4. The highest BCUT2D eigenvalue weighted by molar-refractivity contribution is 5.83. The van der Waals surface area contributed by atoms with Crippen LogP contribution in [0.4, 0.5) is 0 Å². The van der Waals surface area contributed by atoms with Crippen molar-refractivity contribution >= 4 is 5.91 Å². The van der Waals surface area contributed by atoms with Gasteiger partial charge in [0, 0.05) is 24.7 Å². The number of H-pyrrole nitrogens is 1. The van der Waals surface area contributed by atoms with Crippen molar-refractivity contribution in [2.45, 2.75) is 26.3 Å². The van der Waals surface area contributed by atoms with Gasteiger partial charge in [-0.15, -0.1) is 0 Å². The minimum absolute atomic E-state index is 0.0628. The Labute approximate surface area is 141 Å². The van der Waals surface area contributed by atoms with E-state index in [1.807, 2.05) is 50.2 Å². The molecular weight excluding hydrogens is 304 g/mol. The SMILES string of the molecule is Cc1cccc([C@H](C(=O)NCCc2cc(=O)[nH]c(C)n2)N(C)C)c1. The fraction of sp³-hybridized carbons (Fsp3) is 0.389. The van der Waals surface area contributed by atoms with Crippen molar-refractivity contribution in [2.24, 2.45) is 0 Å². The van der Waals surface area contributed by atoms with Crippen LogP contribution in [0.25, 0.3) is 0 Å². The normalized spacial score (nSPS) is 12.2. The number of rotatable bonds is 6. The van der Waals surface area contributed by atoms with Crippen LogP contribution >= 0.6 is 0 Å². The number of aromatic amines is 1. The van der Waals surface area contributed by atoms with Gasteiger partial charge in [-0.25, -0.2) is 4.98 Å². The molecule has 2 rings (SSSR count). The van der Waals surface area contributed by atoms with E-state index >= 15 is 0 Å². The number of likely N-dealkylation sites (N-methyl/N-ethyl adjacent to an activating group) is 1. The van der Waals surface area contributed by atoms with Gasteiger partial charge in [-0.3, -0.25) is 14.5 Å². The van der Waals surface area contributed by atoms with Crippen LogP contribution in [-0.2, 0) is 11.2 Å². The zero-order valence-corrected chi connectivity index (χ0v) is 14.6. The van der Waals surface area contributed by atoms with Crippen molar-refractivity contribution in [3.8, 4) is 0 Å². The Morgan fingerprint density at radius 1 is 1.29 bits per heavy atom. The molecule has 0 saturated heterocycles. The van der Waals surface area contributed by atoms with Gasteiger partial charge in [-0.1, -0.05) is 29.8 Å². The van der Waals surface area contributed by atoms with Crippen molar-refractivity contribution in [3.05, 3.63) is 63.3 Å². The smallest absolute Gasteiger partial charge is 0.251 e. The Bertz CT molecular complexity index is 768. The summed E-state index contributed by atoms with van der Waals surface area (Å²) in [6.07, 6.45) is 0.518. The van der Waals surface area contributed by atoms with E-state index in [1.165, 1.54) is 6.07 Å². The molecule has 1 heterocycles. The number of amides is 1. The summed E-state index contributed by atoms with van der Waals surface area (Å²) in [6.45, 7) is 4.18. The summed E-state index contributed by atoms with van der Waals surface area (Å²) in [5, 5.41) is 2.94. The number of benzene rings is 1. The van der Waals surface area contributed by atoms with E-state index in [9.17, 15) is 9.59 Å². The fourth-order valence-corrected chi connectivity index (χ4v) is 2.70. The van der Waals surface area contributed by atoms with Crippen LogP contribution < -0.4 is 10.9 Å². The van der Waals surface area contributed by atoms with Gasteiger partial charge in [0.15, 0.2) is 0 Å². The van der Waals surface area contributed by atoms with Gasteiger partial charge >= 0.3 is 0 Å². The number of carbonyl (C=O) groups excluding carboxylic acids is 1. The van der Waals surface area contributed by atoms with Crippen LogP contribution in [0, 0.1) is 13.8 Å². The maximum Gasteiger partial charge on any atom is 0.251 e. The van der Waals surface area contributed by atoms with E-state index in [0.717, 1.165) is 11.1 Å². The molecule has 1 aromatic heterocycles. The summed E-state index contributed by atoms with van der Waals surface area (Å²) in [7, 11) is 3.77. The number of carbonyl (C=O) groups is 1. The molecule has 0 radical (unpaired) electrons. The topological polar surface area (TPSA) is 78.1 Å². The van der Waals surface area contributed by atoms with Gasteiger partial charge in [0.25, 0.3) is 5.56 Å². The maximum atomic E-state index is 12.6. The number of aromatic nitrogens is 2. The lowest BCUT2D eigenvalue weighted by Gasteiger charge is -2.24. The first kappa shape index (κ1) is 17.9. The molecule has 1 atom stereocenters. The molecule has 0 aliphatic heterocycles. The minimum atomic E-state index is -0.348.